The van der Waals surface area contributed by atoms with E-state index in [-0.39, 0.29) is 0 Å². The van der Waals surface area contributed by atoms with Crippen LogP contribution in [-0.2, 0) is 13.1 Å². The number of hydrogen-bond acceptors (Lipinski definition) is 3. The molecule has 1 saturated heterocycles. The van der Waals surface area contributed by atoms with Crippen LogP contribution in [0.15, 0.2) is 36.7 Å². The third kappa shape index (κ3) is 4.82. The van der Waals surface area contributed by atoms with Crippen LogP contribution in [0.1, 0.15) is 31.2 Å². The van der Waals surface area contributed by atoms with Crippen LogP contribution in [0.3, 0.4) is 0 Å². The molecule has 0 spiro atoms. The lowest BCUT2D eigenvalue weighted by Gasteiger charge is -2.34. The summed E-state index contributed by atoms with van der Waals surface area (Å²) in [4.78, 5) is 6.83. The molecule has 1 aromatic heterocycles. The fourth-order valence-electron chi connectivity index (χ4n) is 3.45. The molecular weight excluding hydrogens is 320 g/mol. The van der Waals surface area contributed by atoms with Crippen molar-refractivity contribution in [3.05, 3.63) is 53.1 Å². The predicted octanol–water partition coefficient (Wildman–Crippen LogP) is 3.49. The van der Waals surface area contributed by atoms with Crippen molar-refractivity contribution in [2.45, 2.75) is 51.9 Å². The molecule has 0 bridgehead atoms. The van der Waals surface area contributed by atoms with Crippen LogP contribution in [-0.4, -0.2) is 39.6 Å². The Kier molecular flexibility index (Phi) is 5.93. The summed E-state index contributed by atoms with van der Waals surface area (Å²) in [6, 6.07) is 9.29. The summed E-state index contributed by atoms with van der Waals surface area (Å²) in [6.45, 7) is 8.63. The highest BCUT2D eigenvalue weighted by molar-refractivity contribution is 6.30. The van der Waals surface area contributed by atoms with Gasteiger partial charge in [0.15, 0.2) is 0 Å². The van der Waals surface area contributed by atoms with E-state index < -0.39 is 0 Å². The van der Waals surface area contributed by atoms with E-state index in [1.165, 1.54) is 18.4 Å². The molecule has 0 aliphatic carbocycles. The fourth-order valence-corrected chi connectivity index (χ4v) is 3.58. The summed E-state index contributed by atoms with van der Waals surface area (Å²) in [6.07, 6.45) is 6.35. The summed E-state index contributed by atoms with van der Waals surface area (Å²) in [5.41, 5.74) is 1.34. The standard InChI is InChI=1S/C19H27ClN4/c1-15(13-24-12-9-21-16(24)2)22-19-7-10-23(11-8-19)14-17-3-5-18(20)6-4-17/h3-6,9,12,15,19,22H,7-8,10-11,13-14H2,1-2H3/t15-/m0/s1. The van der Waals surface area contributed by atoms with Gasteiger partial charge in [0.05, 0.1) is 0 Å². The van der Waals surface area contributed by atoms with Gasteiger partial charge in [0.2, 0.25) is 0 Å². The number of rotatable bonds is 6. The van der Waals surface area contributed by atoms with Crippen molar-refractivity contribution in [3.63, 3.8) is 0 Å². The summed E-state index contributed by atoms with van der Waals surface area (Å²) in [5, 5.41) is 4.59. The second-order valence-electron chi connectivity index (χ2n) is 6.87. The Bertz CT molecular complexity index is 629. The van der Waals surface area contributed by atoms with Gasteiger partial charge in [-0.2, -0.15) is 0 Å². The largest absolute Gasteiger partial charge is 0.334 e. The maximum absolute atomic E-state index is 5.95. The van der Waals surface area contributed by atoms with Crippen molar-refractivity contribution in [3.8, 4) is 0 Å². The quantitative estimate of drug-likeness (QED) is 0.869. The van der Waals surface area contributed by atoms with Gasteiger partial charge in [0, 0.05) is 42.6 Å². The molecule has 5 heteroatoms. The molecule has 1 N–H and O–H groups in total. The Morgan fingerprint density at radius 1 is 1.25 bits per heavy atom. The maximum Gasteiger partial charge on any atom is 0.105 e. The fraction of sp³-hybridized carbons (Fsp3) is 0.526. The summed E-state index contributed by atoms with van der Waals surface area (Å²) in [5.74, 6) is 1.08. The van der Waals surface area contributed by atoms with Gasteiger partial charge in [-0.1, -0.05) is 23.7 Å². The van der Waals surface area contributed by atoms with E-state index >= 15 is 0 Å². The number of hydrogen-bond donors (Lipinski definition) is 1. The molecule has 1 fully saturated rings. The Morgan fingerprint density at radius 2 is 1.96 bits per heavy atom. The normalized spacial score (nSPS) is 18.0. The zero-order valence-electron chi connectivity index (χ0n) is 14.6. The molecular formula is C19H27ClN4. The third-order valence-electron chi connectivity index (χ3n) is 4.82. The average molecular weight is 347 g/mol. The van der Waals surface area contributed by atoms with Gasteiger partial charge >= 0.3 is 0 Å². The third-order valence-corrected chi connectivity index (χ3v) is 5.07. The summed E-state index contributed by atoms with van der Waals surface area (Å²) in [7, 11) is 0. The van der Waals surface area contributed by atoms with Crippen LogP contribution in [0.4, 0.5) is 0 Å². The first-order chi connectivity index (χ1) is 11.6. The molecule has 3 rings (SSSR count). The van der Waals surface area contributed by atoms with Crippen LogP contribution in [0.2, 0.25) is 5.02 Å². The molecule has 0 saturated carbocycles. The molecule has 0 amide bonds. The number of halogens is 1. The number of aryl methyl sites for hydroxylation is 1. The number of benzene rings is 1. The smallest absolute Gasteiger partial charge is 0.105 e. The van der Waals surface area contributed by atoms with E-state index in [0.29, 0.717) is 12.1 Å². The highest BCUT2D eigenvalue weighted by Gasteiger charge is 2.20. The van der Waals surface area contributed by atoms with Crippen molar-refractivity contribution in [1.82, 2.24) is 19.8 Å². The number of aromatic nitrogens is 2. The van der Waals surface area contributed by atoms with Gasteiger partial charge < -0.3 is 9.88 Å². The van der Waals surface area contributed by atoms with Gasteiger partial charge in [0.1, 0.15) is 5.82 Å². The van der Waals surface area contributed by atoms with Gasteiger partial charge in [-0.3, -0.25) is 4.90 Å². The van der Waals surface area contributed by atoms with Crippen LogP contribution in [0.25, 0.3) is 0 Å². The first-order valence-electron chi connectivity index (χ1n) is 8.81. The lowest BCUT2D eigenvalue weighted by atomic mass is 10.0. The minimum Gasteiger partial charge on any atom is -0.334 e. The van der Waals surface area contributed by atoms with E-state index in [4.69, 9.17) is 11.6 Å². The minimum atomic E-state index is 0.464. The molecule has 0 unspecified atom stereocenters. The number of likely N-dealkylation sites (tertiary alicyclic amines) is 1. The Hall–Kier alpha value is -1.36. The monoisotopic (exact) mass is 346 g/mol. The second kappa shape index (κ2) is 8.15. The molecule has 1 atom stereocenters. The number of nitrogens with one attached hydrogen (secondary N) is 1. The number of piperidine rings is 1. The van der Waals surface area contributed by atoms with Crippen LogP contribution >= 0.6 is 11.6 Å². The van der Waals surface area contributed by atoms with Crippen molar-refractivity contribution in [2.75, 3.05) is 13.1 Å². The van der Waals surface area contributed by atoms with E-state index in [2.05, 4.69) is 51.9 Å². The lowest BCUT2D eigenvalue weighted by Crippen LogP contribution is -2.46. The van der Waals surface area contributed by atoms with E-state index in [1.54, 1.807) is 0 Å². The van der Waals surface area contributed by atoms with Crippen molar-refractivity contribution in [2.24, 2.45) is 0 Å². The molecule has 1 aromatic carbocycles. The molecule has 2 heterocycles. The number of nitrogens with zero attached hydrogens (tertiary/aromatic N) is 3. The van der Waals surface area contributed by atoms with E-state index in [1.807, 2.05) is 18.3 Å². The SMILES string of the molecule is Cc1nccn1C[C@H](C)NC1CCN(Cc2ccc(Cl)cc2)CC1. The molecule has 0 radical (unpaired) electrons. The molecule has 24 heavy (non-hydrogen) atoms. The average Bonchev–Trinajstić information content (AvgIpc) is 2.96. The summed E-state index contributed by atoms with van der Waals surface area (Å²) < 4.78 is 2.22. The highest BCUT2D eigenvalue weighted by Crippen LogP contribution is 2.16. The molecule has 130 valence electrons. The molecule has 4 nitrogen and oxygen atoms in total. The van der Waals surface area contributed by atoms with Gasteiger partial charge in [0.25, 0.3) is 0 Å². The molecule has 1 aliphatic heterocycles. The van der Waals surface area contributed by atoms with Gasteiger partial charge in [-0.05, 0) is 57.5 Å². The Balaban J connectivity index is 1.41. The van der Waals surface area contributed by atoms with Crippen LogP contribution in [0, 0.1) is 6.92 Å². The first kappa shape index (κ1) is 17.5. The Labute approximate surface area is 149 Å². The number of imidazole rings is 1. The zero-order valence-corrected chi connectivity index (χ0v) is 15.3. The Morgan fingerprint density at radius 3 is 2.58 bits per heavy atom. The lowest BCUT2D eigenvalue weighted by molar-refractivity contribution is 0.183. The first-order valence-corrected chi connectivity index (χ1v) is 9.18. The highest BCUT2D eigenvalue weighted by atomic mass is 35.5. The molecule has 2 aromatic rings. The van der Waals surface area contributed by atoms with E-state index in [9.17, 15) is 0 Å². The second-order valence-corrected chi connectivity index (χ2v) is 7.31. The topological polar surface area (TPSA) is 33.1 Å². The van der Waals surface area contributed by atoms with Crippen LogP contribution in [0.5, 0.6) is 0 Å². The van der Waals surface area contributed by atoms with Crippen molar-refractivity contribution in [1.29, 1.82) is 0 Å². The van der Waals surface area contributed by atoms with Crippen LogP contribution < -0.4 is 5.32 Å². The maximum atomic E-state index is 5.95. The predicted molar refractivity (Wildman–Crippen MR) is 99.3 cm³/mol. The van der Waals surface area contributed by atoms with E-state index in [0.717, 1.165) is 37.0 Å². The summed E-state index contributed by atoms with van der Waals surface area (Å²) >= 11 is 5.95. The zero-order chi connectivity index (χ0) is 16.9. The van der Waals surface area contributed by atoms with Gasteiger partial charge in [-0.25, -0.2) is 4.98 Å². The van der Waals surface area contributed by atoms with Crippen molar-refractivity contribution < 1.29 is 0 Å². The van der Waals surface area contributed by atoms with Gasteiger partial charge in [-0.15, -0.1) is 0 Å². The minimum absolute atomic E-state index is 0.464. The van der Waals surface area contributed by atoms with Crippen molar-refractivity contribution >= 4 is 11.6 Å². The molecule has 1 aliphatic rings.